The summed E-state index contributed by atoms with van der Waals surface area (Å²) in [6, 6.07) is 7.98. The van der Waals surface area contributed by atoms with E-state index in [1.807, 2.05) is 24.3 Å². The lowest BCUT2D eigenvalue weighted by atomic mass is 9.89. The van der Waals surface area contributed by atoms with E-state index in [1.165, 1.54) is 25.7 Å². The SMILES string of the molecule is CC1(CNc2nc(N)nc3ccccc23)CCCC1. The summed E-state index contributed by atoms with van der Waals surface area (Å²) in [4.78, 5) is 8.61. The molecule has 0 unspecified atom stereocenters. The molecule has 19 heavy (non-hydrogen) atoms. The molecule has 0 aliphatic heterocycles. The van der Waals surface area contributed by atoms with Crippen LogP contribution < -0.4 is 11.1 Å². The topological polar surface area (TPSA) is 63.8 Å². The molecule has 0 spiro atoms. The van der Waals surface area contributed by atoms with Crippen molar-refractivity contribution in [3.05, 3.63) is 24.3 Å². The Bertz CT molecular complexity index is 588. The Labute approximate surface area is 113 Å². The number of anilines is 2. The smallest absolute Gasteiger partial charge is 0.222 e. The minimum Gasteiger partial charge on any atom is -0.369 e. The first-order valence-electron chi connectivity index (χ1n) is 6.92. The summed E-state index contributed by atoms with van der Waals surface area (Å²) in [5.41, 5.74) is 7.07. The fraction of sp³-hybridized carbons (Fsp3) is 0.467. The van der Waals surface area contributed by atoms with Gasteiger partial charge in [-0.25, -0.2) is 4.98 Å². The Hall–Kier alpha value is -1.84. The molecular weight excluding hydrogens is 236 g/mol. The number of hydrogen-bond acceptors (Lipinski definition) is 4. The van der Waals surface area contributed by atoms with Crippen LogP contribution in [0.15, 0.2) is 24.3 Å². The predicted octanol–water partition coefficient (Wildman–Crippen LogP) is 3.20. The summed E-state index contributed by atoms with van der Waals surface area (Å²) in [6.45, 7) is 3.30. The molecule has 4 nitrogen and oxygen atoms in total. The Morgan fingerprint density at radius 3 is 2.74 bits per heavy atom. The highest BCUT2D eigenvalue weighted by Crippen LogP contribution is 2.37. The predicted molar refractivity (Wildman–Crippen MR) is 79.0 cm³/mol. The van der Waals surface area contributed by atoms with Crippen LogP contribution in [-0.4, -0.2) is 16.5 Å². The third kappa shape index (κ3) is 2.48. The molecule has 0 atom stereocenters. The zero-order valence-corrected chi connectivity index (χ0v) is 11.3. The van der Waals surface area contributed by atoms with Crippen molar-refractivity contribution in [2.24, 2.45) is 5.41 Å². The number of aromatic nitrogens is 2. The lowest BCUT2D eigenvalue weighted by Crippen LogP contribution is -2.23. The number of nitrogen functional groups attached to an aromatic ring is 1. The second kappa shape index (κ2) is 4.68. The summed E-state index contributed by atoms with van der Waals surface area (Å²) in [5, 5.41) is 4.52. The van der Waals surface area contributed by atoms with Crippen molar-refractivity contribution in [2.45, 2.75) is 32.6 Å². The van der Waals surface area contributed by atoms with Gasteiger partial charge in [0.05, 0.1) is 5.52 Å². The molecule has 1 saturated carbocycles. The lowest BCUT2D eigenvalue weighted by Gasteiger charge is -2.24. The van der Waals surface area contributed by atoms with Gasteiger partial charge in [0, 0.05) is 11.9 Å². The molecule has 4 heteroatoms. The number of nitrogens with zero attached hydrogens (tertiary/aromatic N) is 2. The summed E-state index contributed by atoms with van der Waals surface area (Å²) in [6.07, 6.45) is 5.26. The maximum Gasteiger partial charge on any atom is 0.222 e. The number of benzene rings is 1. The third-order valence-electron chi connectivity index (χ3n) is 4.11. The van der Waals surface area contributed by atoms with Crippen LogP contribution in [0.4, 0.5) is 11.8 Å². The van der Waals surface area contributed by atoms with Crippen LogP contribution in [0.1, 0.15) is 32.6 Å². The molecule has 1 aromatic carbocycles. The Morgan fingerprint density at radius 1 is 1.21 bits per heavy atom. The Balaban J connectivity index is 1.87. The third-order valence-corrected chi connectivity index (χ3v) is 4.11. The summed E-state index contributed by atoms with van der Waals surface area (Å²) >= 11 is 0. The van der Waals surface area contributed by atoms with E-state index in [4.69, 9.17) is 5.73 Å². The van der Waals surface area contributed by atoms with Crippen molar-refractivity contribution in [3.8, 4) is 0 Å². The van der Waals surface area contributed by atoms with Crippen LogP contribution in [0.2, 0.25) is 0 Å². The fourth-order valence-electron chi connectivity index (χ4n) is 2.93. The number of hydrogen-bond donors (Lipinski definition) is 2. The number of para-hydroxylation sites is 1. The second-order valence-electron chi connectivity index (χ2n) is 5.82. The van der Waals surface area contributed by atoms with Gasteiger partial charge in [0.1, 0.15) is 5.82 Å². The average Bonchev–Trinajstić information content (AvgIpc) is 2.83. The molecule has 1 heterocycles. The second-order valence-corrected chi connectivity index (χ2v) is 5.82. The number of fused-ring (bicyclic) bond motifs is 1. The molecule has 2 aromatic rings. The highest BCUT2D eigenvalue weighted by molar-refractivity contribution is 5.89. The molecule has 1 aliphatic rings. The first-order valence-corrected chi connectivity index (χ1v) is 6.92. The van der Waals surface area contributed by atoms with Gasteiger partial charge in [0.15, 0.2) is 0 Å². The van der Waals surface area contributed by atoms with Gasteiger partial charge in [-0.1, -0.05) is 31.9 Å². The van der Waals surface area contributed by atoms with E-state index in [1.54, 1.807) is 0 Å². The van der Waals surface area contributed by atoms with Crippen LogP contribution in [0.25, 0.3) is 10.9 Å². The lowest BCUT2D eigenvalue weighted by molar-refractivity contribution is 0.362. The van der Waals surface area contributed by atoms with Crippen molar-refractivity contribution in [3.63, 3.8) is 0 Å². The number of rotatable bonds is 3. The van der Waals surface area contributed by atoms with Crippen LogP contribution in [0, 0.1) is 5.41 Å². The molecular formula is C15H20N4. The van der Waals surface area contributed by atoms with Crippen LogP contribution in [0.3, 0.4) is 0 Å². The van der Waals surface area contributed by atoms with E-state index < -0.39 is 0 Å². The molecule has 3 N–H and O–H groups in total. The average molecular weight is 256 g/mol. The fourth-order valence-corrected chi connectivity index (χ4v) is 2.93. The van der Waals surface area contributed by atoms with Crippen LogP contribution in [0.5, 0.6) is 0 Å². The van der Waals surface area contributed by atoms with Crippen molar-refractivity contribution in [1.82, 2.24) is 9.97 Å². The van der Waals surface area contributed by atoms with E-state index in [0.29, 0.717) is 11.4 Å². The van der Waals surface area contributed by atoms with Gasteiger partial charge in [0.25, 0.3) is 0 Å². The normalized spacial score (nSPS) is 17.7. The van der Waals surface area contributed by atoms with Crippen molar-refractivity contribution < 1.29 is 0 Å². The number of nitrogens with two attached hydrogens (primary N) is 1. The monoisotopic (exact) mass is 256 g/mol. The maximum atomic E-state index is 5.78. The van der Waals surface area contributed by atoms with Gasteiger partial charge in [-0.05, 0) is 30.4 Å². The van der Waals surface area contributed by atoms with Crippen molar-refractivity contribution in [1.29, 1.82) is 0 Å². The Kier molecular flexibility index (Phi) is 3.01. The van der Waals surface area contributed by atoms with Gasteiger partial charge in [-0.15, -0.1) is 0 Å². The van der Waals surface area contributed by atoms with E-state index in [9.17, 15) is 0 Å². The molecule has 3 rings (SSSR count). The molecule has 0 bridgehead atoms. The molecule has 0 saturated heterocycles. The molecule has 0 radical (unpaired) electrons. The van der Waals surface area contributed by atoms with Gasteiger partial charge >= 0.3 is 0 Å². The zero-order chi connectivity index (χ0) is 13.3. The van der Waals surface area contributed by atoms with Gasteiger partial charge in [-0.3, -0.25) is 0 Å². The quantitative estimate of drug-likeness (QED) is 0.885. The maximum absolute atomic E-state index is 5.78. The highest BCUT2D eigenvalue weighted by Gasteiger charge is 2.28. The van der Waals surface area contributed by atoms with Gasteiger partial charge in [0.2, 0.25) is 5.95 Å². The molecule has 1 fully saturated rings. The first kappa shape index (κ1) is 12.2. The van der Waals surface area contributed by atoms with Crippen LogP contribution in [-0.2, 0) is 0 Å². The van der Waals surface area contributed by atoms with E-state index in [2.05, 4.69) is 22.2 Å². The minimum atomic E-state index is 0.331. The summed E-state index contributed by atoms with van der Waals surface area (Å²) in [7, 11) is 0. The summed E-state index contributed by atoms with van der Waals surface area (Å²) in [5.74, 6) is 1.19. The highest BCUT2D eigenvalue weighted by atomic mass is 15.1. The standard InChI is InChI=1S/C15H20N4/c1-15(8-4-5-9-15)10-17-13-11-6-2-3-7-12(11)18-14(16)19-13/h2-3,6-7H,4-5,8-10H2,1H3,(H3,16,17,18,19). The summed E-state index contributed by atoms with van der Waals surface area (Å²) < 4.78 is 0. The number of nitrogens with one attached hydrogen (secondary N) is 1. The van der Waals surface area contributed by atoms with Crippen LogP contribution >= 0.6 is 0 Å². The van der Waals surface area contributed by atoms with E-state index >= 15 is 0 Å². The minimum absolute atomic E-state index is 0.331. The largest absolute Gasteiger partial charge is 0.369 e. The zero-order valence-electron chi connectivity index (χ0n) is 11.3. The van der Waals surface area contributed by atoms with Crippen molar-refractivity contribution in [2.75, 3.05) is 17.6 Å². The molecule has 100 valence electrons. The van der Waals surface area contributed by atoms with E-state index in [0.717, 1.165) is 23.3 Å². The van der Waals surface area contributed by atoms with Gasteiger partial charge in [-0.2, -0.15) is 4.98 Å². The Morgan fingerprint density at radius 2 is 1.95 bits per heavy atom. The van der Waals surface area contributed by atoms with Crippen molar-refractivity contribution >= 4 is 22.7 Å². The van der Waals surface area contributed by atoms with Gasteiger partial charge < -0.3 is 11.1 Å². The molecule has 1 aliphatic carbocycles. The molecule has 1 aromatic heterocycles. The first-order chi connectivity index (χ1) is 9.16. The molecule has 0 amide bonds. The van der Waals surface area contributed by atoms with E-state index in [-0.39, 0.29) is 0 Å².